The summed E-state index contributed by atoms with van der Waals surface area (Å²) >= 11 is 6.19. The Morgan fingerprint density at radius 3 is 2.65 bits per heavy atom. The number of furan rings is 1. The minimum Gasteiger partial charge on any atom is -0.463 e. The van der Waals surface area contributed by atoms with E-state index in [0.717, 1.165) is 59.2 Å². The zero-order valence-corrected chi connectivity index (χ0v) is 22.6. The molecule has 37 heavy (non-hydrogen) atoms. The summed E-state index contributed by atoms with van der Waals surface area (Å²) in [4.78, 5) is 0. The number of hydrogen-bond donors (Lipinski definition) is 1. The Morgan fingerprint density at radius 2 is 1.86 bits per heavy atom. The van der Waals surface area contributed by atoms with Crippen LogP contribution in [0.3, 0.4) is 0 Å². The van der Waals surface area contributed by atoms with Gasteiger partial charge in [0.2, 0.25) is 0 Å². The second-order valence-electron chi connectivity index (χ2n) is 12.7. The number of hydrogen-bond acceptors (Lipinski definition) is 3. The number of allylic oxidation sites excluding steroid dienone is 1. The van der Waals surface area contributed by atoms with Crippen LogP contribution in [0.25, 0.3) is 17.1 Å². The molecule has 0 spiro atoms. The monoisotopic (exact) mass is 516 g/mol. The van der Waals surface area contributed by atoms with E-state index in [2.05, 4.69) is 26.0 Å². The molecule has 2 aromatic heterocycles. The van der Waals surface area contributed by atoms with Crippen molar-refractivity contribution in [1.82, 2.24) is 9.78 Å². The molecule has 1 aromatic carbocycles. The van der Waals surface area contributed by atoms with Crippen LogP contribution in [-0.4, -0.2) is 21.0 Å². The van der Waals surface area contributed by atoms with Crippen molar-refractivity contribution in [3.05, 3.63) is 71.1 Å². The van der Waals surface area contributed by atoms with E-state index in [1.807, 2.05) is 41.1 Å². The number of rotatable bonds is 3. The third-order valence-electron chi connectivity index (χ3n) is 11.0. The quantitative estimate of drug-likeness (QED) is 0.357. The number of benzene rings is 1. The molecule has 2 heterocycles. The first-order valence-corrected chi connectivity index (χ1v) is 14.5. The molecular weight excluding hydrogens is 480 g/mol. The topological polar surface area (TPSA) is 51.2 Å². The van der Waals surface area contributed by atoms with Gasteiger partial charge in [0.25, 0.3) is 0 Å². The van der Waals surface area contributed by atoms with Crippen LogP contribution in [-0.2, 0) is 0 Å². The second kappa shape index (κ2) is 8.61. The van der Waals surface area contributed by atoms with E-state index in [4.69, 9.17) is 21.1 Å². The number of aliphatic hydroxyl groups excluding tert-OH is 1. The summed E-state index contributed by atoms with van der Waals surface area (Å²) < 4.78 is 7.88. The van der Waals surface area contributed by atoms with E-state index in [1.165, 1.54) is 37.8 Å². The van der Waals surface area contributed by atoms with Gasteiger partial charge >= 0.3 is 0 Å². The van der Waals surface area contributed by atoms with Gasteiger partial charge in [-0.2, -0.15) is 5.10 Å². The number of halogens is 1. The van der Waals surface area contributed by atoms with Gasteiger partial charge in [0, 0.05) is 10.9 Å². The normalized spacial score (nSPS) is 37.0. The lowest BCUT2D eigenvalue weighted by molar-refractivity contribution is -0.0412. The minimum absolute atomic E-state index is 0.139. The molecule has 0 unspecified atom stereocenters. The Kier molecular flexibility index (Phi) is 5.53. The summed E-state index contributed by atoms with van der Waals surface area (Å²) in [6.07, 6.45) is 13.4. The molecule has 0 aliphatic heterocycles. The van der Waals surface area contributed by atoms with Gasteiger partial charge in [-0.25, -0.2) is 4.68 Å². The average Bonchev–Trinajstić information content (AvgIpc) is 3.63. The van der Waals surface area contributed by atoms with Gasteiger partial charge in [-0.15, -0.1) is 0 Å². The van der Waals surface area contributed by atoms with Gasteiger partial charge in [0.1, 0.15) is 5.69 Å². The molecule has 3 saturated carbocycles. The van der Waals surface area contributed by atoms with Gasteiger partial charge < -0.3 is 9.52 Å². The number of aromatic nitrogens is 2. The molecule has 0 bridgehead atoms. The van der Waals surface area contributed by atoms with Crippen LogP contribution in [0.2, 0.25) is 5.02 Å². The average molecular weight is 517 g/mol. The van der Waals surface area contributed by atoms with Crippen molar-refractivity contribution in [1.29, 1.82) is 0 Å². The van der Waals surface area contributed by atoms with Crippen LogP contribution in [0, 0.1) is 28.6 Å². The van der Waals surface area contributed by atoms with Crippen molar-refractivity contribution in [2.45, 2.75) is 77.2 Å². The molecule has 0 amide bonds. The minimum atomic E-state index is -0.139. The van der Waals surface area contributed by atoms with Crippen molar-refractivity contribution >= 4 is 11.6 Å². The van der Waals surface area contributed by atoms with E-state index in [0.29, 0.717) is 5.92 Å². The first-order chi connectivity index (χ1) is 17.9. The molecule has 0 radical (unpaired) electrons. The Labute approximate surface area is 224 Å². The summed E-state index contributed by atoms with van der Waals surface area (Å²) in [5.74, 6) is 3.52. The molecule has 7 atom stereocenters. The molecule has 194 valence electrons. The number of nitrogens with zero attached hydrogens (tertiary/aromatic N) is 2. The molecular formula is C32H37ClN2O2. The summed E-state index contributed by atoms with van der Waals surface area (Å²) in [5.41, 5.74) is 5.30. The molecule has 1 N–H and O–H groups in total. The van der Waals surface area contributed by atoms with Crippen LogP contribution in [0.5, 0.6) is 0 Å². The lowest BCUT2D eigenvalue weighted by Gasteiger charge is -2.58. The van der Waals surface area contributed by atoms with Gasteiger partial charge in [-0.3, -0.25) is 0 Å². The van der Waals surface area contributed by atoms with E-state index in [9.17, 15) is 5.11 Å². The van der Waals surface area contributed by atoms with Crippen molar-refractivity contribution in [2.24, 2.45) is 28.6 Å². The highest BCUT2D eigenvalue weighted by Gasteiger charge is 2.59. The van der Waals surface area contributed by atoms with Crippen molar-refractivity contribution < 1.29 is 9.52 Å². The molecule has 0 saturated heterocycles. The summed E-state index contributed by atoms with van der Waals surface area (Å²) in [7, 11) is 0. The molecule has 4 aliphatic carbocycles. The molecule has 5 heteroatoms. The Hall–Kier alpha value is -2.30. The van der Waals surface area contributed by atoms with Gasteiger partial charge in [-0.1, -0.05) is 37.1 Å². The highest BCUT2D eigenvalue weighted by molar-refractivity contribution is 6.30. The van der Waals surface area contributed by atoms with Crippen LogP contribution in [0.15, 0.2) is 64.8 Å². The summed E-state index contributed by atoms with van der Waals surface area (Å²) in [6.45, 7) is 5.08. The largest absolute Gasteiger partial charge is 0.463 e. The number of fused-ring (bicyclic) bond motifs is 5. The standard InChI is InChI=1S/C32H37ClN2O2/c1-31-15-13-23(36)18-20(31)5-10-24-25-11-12-27(32(25,2)16-14-26(24)31)28-19-29(30-4-3-17-37-30)35(34-28)22-8-6-21(33)7-9-22/h3-9,17,19,23-27,36H,10-16,18H2,1-2H3/t23-,24-,25-,26-,27+,31-,32-/m0/s1. The van der Waals surface area contributed by atoms with Crippen LogP contribution in [0.4, 0.5) is 0 Å². The first kappa shape index (κ1) is 23.8. The maximum absolute atomic E-state index is 10.3. The Bertz CT molecular complexity index is 1330. The molecule has 3 aromatic rings. The number of aliphatic hydroxyl groups is 1. The smallest absolute Gasteiger partial charge is 0.152 e. The zero-order valence-electron chi connectivity index (χ0n) is 21.9. The van der Waals surface area contributed by atoms with E-state index >= 15 is 0 Å². The predicted molar refractivity (Wildman–Crippen MR) is 147 cm³/mol. The molecule has 4 aliphatic rings. The van der Waals surface area contributed by atoms with Crippen molar-refractivity contribution in [2.75, 3.05) is 0 Å². The molecule has 3 fully saturated rings. The molecule has 7 rings (SSSR count). The lowest BCUT2D eigenvalue weighted by Crippen LogP contribution is -2.50. The lowest BCUT2D eigenvalue weighted by atomic mass is 9.47. The Balaban J connectivity index is 1.24. The fraction of sp³-hybridized carbons (Fsp3) is 0.531. The Morgan fingerprint density at radius 1 is 1.03 bits per heavy atom. The maximum Gasteiger partial charge on any atom is 0.152 e. The van der Waals surface area contributed by atoms with Gasteiger partial charge in [0.15, 0.2) is 5.76 Å². The maximum atomic E-state index is 10.3. The zero-order chi connectivity index (χ0) is 25.4. The SMILES string of the molecule is C[C@]12CC[C@H]3[C@@H](CC=C4C[C@@H](O)CC[C@@]43C)[C@@H]1CC[C@@H]2c1cc(-c2ccco2)n(-c2ccc(Cl)cc2)n1. The van der Waals surface area contributed by atoms with Crippen molar-refractivity contribution in [3.63, 3.8) is 0 Å². The highest BCUT2D eigenvalue weighted by atomic mass is 35.5. The van der Waals surface area contributed by atoms with Gasteiger partial charge in [-0.05, 0) is 122 Å². The third kappa shape index (κ3) is 3.62. The first-order valence-electron chi connectivity index (χ1n) is 14.1. The fourth-order valence-electron chi connectivity index (χ4n) is 9.08. The van der Waals surface area contributed by atoms with Crippen LogP contribution >= 0.6 is 11.6 Å². The van der Waals surface area contributed by atoms with E-state index in [-0.39, 0.29) is 16.9 Å². The molecule has 4 nitrogen and oxygen atoms in total. The highest BCUT2D eigenvalue weighted by Crippen LogP contribution is 2.68. The van der Waals surface area contributed by atoms with E-state index < -0.39 is 0 Å². The predicted octanol–water partition coefficient (Wildman–Crippen LogP) is 8.19. The van der Waals surface area contributed by atoms with E-state index in [1.54, 1.807) is 11.8 Å². The van der Waals surface area contributed by atoms with Crippen LogP contribution < -0.4 is 0 Å². The fourth-order valence-corrected chi connectivity index (χ4v) is 9.20. The summed E-state index contributed by atoms with van der Waals surface area (Å²) in [5, 5.41) is 16.3. The van der Waals surface area contributed by atoms with Crippen molar-refractivity contribution in [3.8, 4) is 17.1 Å². The second-order valence-corrected chi connectivity index (χ2v) is 13.1. The van der Waals surface area contributed by atoms with Gasteiger partial charge in [0.05, 0.1) is 23.7 Å². The summed E-state index contributed by atoms with van der Waals surface area (Å²) in [6, 6.07) is 14.2. The third-order valence-corrected chi connectivity index (χ3v) is 11.3. The van der Waals surface area contributed by atoms with Crippen LogP contribution in [0.1, 0.15) is 76.8 Å².